The molecule has 3 aromatic carbocycles. The van der Waals surface area contributed by atoms with E-state index in [4.69, 9.17) is 0 Å². The summed E-state index contributed by atoms with van der Waals surface area (Å²) in [6, 6.07) is 21.5. The Morgan fingerprint density at radius 1 is 0.423 bits per heavy atom. The molecule has 0 radical (unpaired) electrons. The highest BCUT2D eigenvalue weighted by atomic mass is 19.1. The van der Waals surface area contributed by atoms with E-state index in [-0.39, 0.29) is 11.6 Å². The van der Waals surface area contributed by atoms with Gasteiger partial charge in [-0.2, -0.15) is 0 Å². The van der Waals surface area contributed by atoms with E-state index in [1.54, 1.807) is 24.3 Å². The lowest BCUT2D eigenvalue weighted by atomic mass is 10.1. The van der Waals surface area contributed by atoms with E-state index in [0.717, 1.165) is 24.2 Å². The van der Waals surface area contributed by atoms with Gasteiger partial charge in [-0.3, -0.25) is 0 Å². The molecule has 0 saturated carbocycles. The zero-order valence-electron chi connectivity index (χ0n) is 14.5. The van der Waals surface area contributed by atoms with Crippen molar-refractivity contribution in [2.45, 2.75) is 26.2 Å². The first-order valence-electron chi connectivity index (χ1n) is 8.67. The van der Waals surface area contributed by atoms with E-state index in [9.17, 15) is 8.78 Å². The third-order valence-corrected chi connectivity index (χ3v) is 4.17. The minimum Gasteiger partial charge on any atom is -0.309 e. The fraction of sp³-hybridized carbons (Fsp3) is 0.182. The van der Waals surface area contributed by atoms with Crippen LogP contribution in [-0.2, 0) is 26.2 Å². The monoisotopic (exact) mass is 352 g/mol. The maximum atomic E-state index is 12.9. The van der Waals surface area contributed by atoms with Crippen molar-refractivity contribution in [2.24, 2.45) is 0 Å². The molecule has 0 aliphatic rings. The van der Waals surface area contributed by atoms with Gasteiger partial charge in [-0.15, -0.1) is 0 Å². The van der Waals surface area contributed by atoms with Gasteiger partial charge in [-0.25, -0.2) is 8.78 Å². The zero-order valence-corrected chi connectivity index (χ0v) is 14.5. The molecular weight excluding hydrogens is 330 g/mol. The van der Waals surface area contributed by atoms with Crippen LogP contribution in [0, 0.1) is 11.6 Å². The van der Waals surface area contributed by atoms with E-state index in [2.05, 4.69) is 34.9 Å². The Hall–Kier alpha value is -2.56. The van der Waals surface area contributed by atoms with Gasteiger partial charge >= 0.3 is 0 Å². The smallest absolute Gasteiger partial charge is 0.123 e. The Morgan fingerprint density at radius 2 is 0.654 bits per heavy atom. The minimum atomic E-state index is -0.211. The van der Waals surface area contributed by atoms with Crippen molar-refractivity contribution in [1.82, 2.24) is 10.6 Å². The lowest BCUT2D eigenvalue weighted by molar-refractivity contribution is 0.624. The summed E-state index contributed by atoms with van der Waals surface area (Å²) < 4.78 is 25.7. The van der Waals surface area contributed by atoms with Crippen molar-refractivity contribution in [3.05, 3.63) is 107 Å². The van der Waals surface area contributed by atoms with Crippen LogP contribution in [0.2, 0.25) is 0 Å². The zero-order chi connectivity index (χ0) is 18.2. The highest BCUT2D eigenvalue weighted by molar-refractivity contribution is 5.23. The highest BCUT2D eigenvalue weighted by Crippen LogP contribution is 2.07. The summed E-state index contributed by atoms with van der Waals surface area (Å²) in [5.74, 6) is -0.422. The Morgan fingerprint density at radius 3 is 0.923 bits per heavy atom. The first-order chi connectivity index (χ1) is 12.7. The van der Waals surface area contributed by atoms with Crippen LogP contribution in [0.3, 0.4) is 0 Å². The van der Waals surface area contributed by atoms with E-state index in [1.165, 1.54) is 35.4 Å². The topological polar surface area (TPSA) is 24.1 Å². The van der Waals surface area contributed by atoms with Crippen LogP contribution in [0.25, 0.3) is 0 Å². The van der Waals surface area contributed by atoms with Crippen molar-refractivity contribution >= 4 is 0 Å². The second kappa shape index (κ2) is 9.22. The molecule has 26 heavy (non-hydrogen) atoms. The molecule has 0 spiro atoms. The maximum Gasteiger partial charge on any atom is 0.123 e. The van der Waals surface area contributed by atoms with Gasteiger partial charge in [0.05, 0.1) is 0 Å². The summed E-state index contributed by atoms with van der Waals surface area (Å²) >= 11 is 0. The first kappa shape index (κ1) is 18.2. The third-order valence-electron chi connectivity index (χ3n) is 4.17. The summed E-state index contributed by atoms with van der Waals surface area (Å²) in [7, 11) is 0. The van der Waals surface area contributed by atoms with Gasteiger partial charge in [0.15, 0.2) is 0 Å². The van der Waals surface area contributed by atoms with E-state index in [0.29, 0.717) is 13.1 Å². The Balaban J connectivity index is 1.40. The van der Waals surface area contributed by atoms with Crippen LogP contribution in [0.1, 0.15) is 22.3 Å². The lowest BCUT2D eigenvalue weighted by Gasteiger charge is -2.08. The fourth-order valence-electron chi connectivity index (χ4n) is 2.68. The molecule has 0 amide bonds. The molecule has 3 rings (SSSR count). The molecule has 0 unspecified atom stereocenters. The molecular formula is C22H22F2N2. The van der Waals surface area contributed by atoms with Gasteiger partial charge in [-0.05, 0) is 46.5 Å². The molecule has 134 valence electrons. The molecule has 0 aliphatic heterocycles. The molecule has 0 atom stereocenters. The number of nitrogens with one attached hydrogen (secondary N) is 2. The molecule has 0 aliphatic carbocycles. The van der Waals surface area contributed by atoms with Crippen molar-refractivity contribution in [3.63, 3.8) is 0 Å². The fourth-order valence-corrected chi connectivity index (χ4v) is 2.68. The molecule has 3 aromatic rings. The van der Waals surface area contributed by atoms with Crippen LogP contribution in [-0.4, -0.2) is 0 Å². The minimum absolute atomic E-state index is 0.211. The van der Waals surface area contributed by atoms with Crippen molar-refractivity contribution < 1.29 is 8.78 Å². The summed E-state index contributed by atoms with van der Waals surface area (Å²) in [5.41, 5.74) is 4.53. The second-order valence-electron chi connectivity index (χ2n) is 6.28. The molecule has 0 saturated heterocycles. The maximum absolute atomic E-state index is 12.9. The second-order valence-corrected chi connectivity index (χ2v) is 6.28. The molecule has 0 aromatic heterocycles. The predicted octanol–water partition coefficient (Wildman–Crippen LogP) is 4.54. The number of hydrogen-bond donors (Lipinski definition) is 2. The Labute approximate surface area is 152 Å². The van der Waals surface area contributed by atoms with Gasteiger partial charge < -0.3 is 10.6 Å². The SMILES string of the molecule is Fc1ccc(CNCc2ccc(CNCc3ccc(F)cc3)cc2)cc1. The van der Waals surface area contributed by atoms with Gasteiger partial charge in [0.2, 0.25) is 0 Å². The van der Waals surface area contributed by atoms with E-state index >= 15 is 0 Å². The number of halogens is 2. The predicted molar refractivity (Wildman–Crippen MR) is 100 cm³/mol. The van der Waals surface area contributed by atoms with Crippen LogP contribution in [0.4, 0.5) is 8.78 Å². The lowest BCUT2D eigenvalue weighted by Crippen LogP contribution is -2.14. The van der Waals surface area contributed by atoms with Crippen LogP contribution in [0.5, 0.6) is 0 Å². The Kier molecular flexibility index (Phi) is 6.47. The average Bonchev–Trinajstić information content (AvgIpc) is 2.66. The summed E-state index contributed by atoms with van der Waals surface area (Å²) in [4.78, 5) is 0. The van der Waals surface area contributed by atoms with Gasteiger partial charge in [0.25, 0.3) is 0 Å². The standard InChI is InChI=1S/C22H22F2N2/c23-21-9-5-19(6-10-21)15-25-13-17-1-2-18(4-3-17)14-26-16-20-7-11-22(24)12-8-20/h1-12,25-26H,13-16H2. The molecule has 2 N–H and O–H groups in total. The summed E-state index contributed by atoms with van der Waals surface area (Å²) in [6.45, 7) is 2.95. The number of rotatable bonds is 8. The summed E-state index contributed by atoms with van der Waals surface area (Å²) in [5, 5.41) is 6.71. The van der Waals surface area contributed by atoms with Crippen molar-refractivity contribution in [1.29, 1.82) is 0 Å². The van der Waals surface area contributed by atoms with Crippen LogP contribution < -0.4 is 10.6 Å². The largest absolute Gasteiger partial charge is 0.309 e. The molecule has 4 heteroatoms. The van der Waals surface area contributed by atoms with E-state index < -0.39 is 0 Å². The molecule has 0 bridgehead atoms. The van der Waals surface area contributed by atoms with Crippen LogP contribution >= 0.6 is 0 Å². The molecule has 0 heterocycles. The number of benzene rings is 3. The third kappa shape index (κ3) is 5.76. The Bertz CT molecular complexity index is 727. The quantitative estimate of drug-likeness (QED) is 0.622. The van der Waals surface area contributed by atoms with E-state index in [1.807, 2.05) is 0 Å². The highest BCUT2D eigenvalue weighted by Gasteiger charge is 1.98. The average molecular weight is 352 g/mol. The normalized spacial score (nSPS) is 10.8. The summed E-state index contributed by atoms with van der Waals surface area (Å²) in [6.07, 6.45) is 0. The first-order valence-corrected chi connectivity index (χ1v) is 8.67. The number of hydrogen-bond acceptors (Lipinski definition) is 2. The van der Waals surface area contributed by atoms with Crippen LogP contribution in [0.15, 0.2) is 72.8 Å². The van der Waals surface area contributed by atoms with Crippen molar-refractivity contribution in [2.75, 3.05) is 0 Å². The van der Waals surface area contributed by atoms with Gasteiger partial charge in [0, 0.05) is 26.2 Å². The van der Waals surface area contributed by atoms with Crippen molar-refractivity contribution in [3.8, 4) is 0 Å². The molecule has 0 fully saturated rings. The van der Waals surface area contributed by atoms with Gasteiger partial charge in [0.1, 0.15) is 11.6 Å². The van der Waals surface area contributed by atoms with Gasteiger partial charge in [-0.1, -0.05) is 48.5 Å². The molecule has 2 nitrogen and oxygen atoms in total.